The van der Waals surface area contributed by atoms with Gasteiger partial charge >= 0.3 is 5.97 Å². The van der Waals surface area contributed by atoms with Gasteiger partial charge in [-0.25, -0.2) is 4.79 Å². The Kier molecular flexibility index (Phi) is 2.39. The van der Waals surface area contributed by atoms with Gasteiger partial charge in [0.2, 0.25) is 0 Å². The van der Waals surface area contributed by atoms with Crippen LogP contribution in [-0.4, -0.2) is 20.6 Å². The molecule has 0 unspecified atom stereocenters. The Bertz CT molecular complexity index is 723. The fourth-order valence-electron chi connectivity index (χ4n) is 1.52. The third kappa shape index (κ3) is 1.36. The second kappa shape index (κ2) is 3.60. The van der Waals surface area contributed by atoms with Crippen LogP contribution in [0, 0.1) is 10.0 Å². The average Bonchev–Trinajstić information content (AvgIpc) is 2.54. The molecule has 0 saturated carbocycles. The highest BCUT2D eigenvalue weighted by Crippen LogP contribution is 2.04. The van der Waals surface area contributed by atoms with E-state index in [0.717, 1.165) is 11.3 Å². The summed E-state index contributed by atoms with van der Waals surface area (Å²) in [5.41, 5.74) is -0.588. The summed E-state index contributed by atoms with van der Waals surface area (Å²) < 4.78 is 1.22. The predicted octanol–water partition coefficient (Wildman–Crippen LogP) is 0.0410. The number of H-pyrrole nitrogens is 1. The first kappa shape index (κ1) is 10.6. The lowest BCUT2D eigenvalue weighted by atomic mass is 10.4. The molecule has 0 saturated heterocycles. The number of carbonyl (C=O) groups is 1. The number of carboxylic acid groups (broad SMARTS) is 1. The van der Waals surface area contributed by atoms with Crippen molar-refractivity contribution < 1.29 is 9.90 Å². The van der Waals surface area contributed by atoms with Gasteiger partial charge in [0.1, 0.15) is 15.7 Å². The fraction of sp³-hybridized carbons (Fsp3) is 0.222. The highest BCUT2D eigenvalue weighted by molar-refractivity contribution is 7.07. The molecule has 2 aliphatic rings. The number of nitrogens with zero attached hydrogens (tertiary/aromatic N) is 1. The lowest BCUT2D eigenvalue weighted by Gasteiger charge is -2.07. The maximum Gasteiger partial charge on any atom is 0.354 e. The number of hydrogen-bond donors (Lipinski definition) is 2. The van der Waals surface area contributed by atoms with Crippen LogP contribution in [0.3, 0.4) is 0 Å². The first-order valence-corrected chi connectivity index (χ1v) is 5.36. The van der Waals surface area contributed by atoms with E-state index < -0.39 is 16.1 Å². The maximum atomic E-state index is 11.4. The molecule has 0 aromatic rings. The summed E-state index contributed by atoms with van der Waals surface area (Å²) in [7, 11) is 0. The van der Waals surface area contributed by atoms with Crippen LogP contribution in [0.15, 0.2) is 15.8 Å². The van der Waals surface area contributed by atoms with E-state index in [1.807, 2.05) is 0 Å². The van der Waals surface area contributed by atoms with Crippen molar-refractivity contribution in [2.45, 2.75) is 13.5 Å². The summed E-state index contributed by atoms with van der Waals surface area (Å²) in [6.45, 7) is 2.13. The van der Waals surface area contributed by atoms with Gasteiger partial charge in [-0.15, -0.1) is 0 Å². The largest absolute Gasteiger partial charge is 0.477 e. The highest BCUT2D eigenvalue weighted by Gasteiger charge is 2.13. The van der Waals surface area contributed by atoms with Crippen LogP contribution in [0.2, 0.25) is 0 Å². The minimum atomic E-state index is -1.10. The van der Waals surface area contributed by atoms with E-state index in [1.54, 1.807) is 6.92 Å². The van der Waals surface area contributed by atoms with Crippen molar-refractivity contribution in [2.75, 3.05) is 0 Å². The second-order valence-electron chi connectivity index (χ2n) is 3.12. The van der Waals surface area contributed by atoms with Crippen LogP contribution in [-0.2, 0) is 6.54 Å². The van der Waals surface area contributed by atoms with E-state index in [0.29, 0.717) is 11.2 Å². The van der Waals surface area contributed by atoms with Gasteiger partial charge in [0.25, 0.3) is 10.2 Å². The van der Waals surface area contributed by atoms with E-state index in [-0.39, 0.29) is 11.0 Å². The van der Waals surface area contributed by atoms with Crippen molar-refractivity contribution in [3.05, 3.63) is 41.7 Å². The summed E-state index contributed by atoms with van der Waals surface area (Å²) >= 11 is 0.762. The smallest absolute Gasteiger partial charge is 0.354 e. The molecule has 0 aliphatic carbocycles. The molecular formula is C9H8N2O4S. The Hall–Kier alpha value is -1.89. The molecule has 0 atom stereocenters. The zero-order chi connectivity index (χ0) is 11.9. The molecule has 7 heteroatoms. The van der Waals surface area contributed by atoms with Crippen molar-refractivity contribution in [3.63, 3.8) is 0 Å². The maximum absolute atomic E-state index is 11.4. The molecule has 84 valence electrons. The number of nitrogens with one attached hydrogen (secondary N) is 1. The van der Waals surface area contributed by atoms with Gasteiger partial charge in [0.15, 0.2) is 0 Å². The van der Waals surface area contributed by atoms with E-state index >= 15 is 0 Å². The van der Waals surface area contributed by atoms with Crippen LogP contribution in [0.1, 0.15) is 17.4 Å². The molecule has 2 N–H and O–H groups in total. The SMILES string of the molecule is CCn1c(C(=O)O)c[nH]c2c(=O)c(=O)sc1=2. The summed E-state index contributed by atoms with van der Waals surface area (Å²) in [6, 6.07) is 0. The van der Waals surface area contributed by atoms with Crippen molar-refractivity contribution in [1.29, 1.82) is 0 Å². The Labute approximate surface area is 92.4 Å². The summed E-state index contributed by atoms with van der Waals surface area (Å²) in [5, 5.41) is 9.11. The fourth-order valence-corrected chi connectivity index (χ4v) is 2.48. The van der Waals surface area contributed by atoms with E-state index in [4.69, 9.17) is 5.11 Å². The third-order valence-corrected chi connectivity index (χ3v) is 3.23. The van der Waals surface area contributed by atoms with Gasteiger partial charge < -0.3 is 14.7 Å². The minimum Gasteiger partial charge on any atom is -0.477 e. The number of rotatable bonds is 2. The lowest BCUT2D eigenvalue weighted by Crippen LogP contribution is -2.18. The normalized spacial score (nSPS) is 10.8. The molecule has 6 nitrogen and oxygen atoms in total. The van der Waals surface area contributed by atoms with Crippen molar-refractivity contribution >= 4 is 17.3 Å². The highest BCUT2D eigenvalue weighted by atomic mass is 32.1. The Morgan fingerprint density at radius 2 is 2.25 bits per heavy atom. The van der Waals surface area contributed by atoms with E-state index in [9.17, 15) is 14.4 Å². The number of aromatic amines is 1. The molecule has 0 aromatic heterocycles. The molecule has 0 amide bonds. The molecule has 2 rings (SSSR count). The second-order valence-corrected chi connectivity index (χ2v) is 4.08. The van der Waals surface area contributed by atoms with Crippen molar-refractivity contribution in [3.8, 4) is 0 Å². The Morgan fingerprint density at radius 1 is 1.56 bits per heavy atom. The molecule has 2 aliphatic heterocycles. The summed E-state index contributed by atoms with van der Waals surface area (Å²) in [6.07, 6.45) is 1.22. The van der Waals surface area contributed by atoms with E-state index in [2.05, 4.69) is 4.98 Å². The van der Waals surface area contributed by atoms with Crippen LogP contribution in [0.25, 0.3) is 0 Å². The summed E-state index contributed by atoms with van der Waals surface area (Å²) in [5.74, 6) is -1.10. The van der Waals surface area contributed by atoms with Gasteiger partial charge in [-0.1, -0.05) is 11.3 Å². The number of aromatic carboxylic acids is 1. The van der Waals surface area contributed by atoms with Crippen LogP contribution < -0.4 is 10.2 Å². The van der Waals surface area contributed by atoms with Gasteiger partial charge in [-0.05, 0) is 6.92 Å². The zero-order valence-corrected chi connectivity index (χ0v) is 9.13. The standard InChI is InChI=1S/C9H8N2O4S/c1-2-11-4(8(13)14)3-10-5-6(12)9(15)16-7(5)11/h3,10H,2H2,1H3,(H,13,14). The number of hydrogen-bond acceptors (Lipinski definition) is 4. The quantitative estimate of drug-likeness (QED) is 0.725. The molecule has 2 heterocycles. The number of carboxylic acids is 1. The van der Waals surface area contributed by atoms with Crippen LogP contribution in [0.4, 0.5) is 0 Å². The Morgan fingerprint density at radius 3 is 2.81 bits per heavy atom. The monoisotopic (exact) mass is 240 g/mol. The minimum absolute atomic E-state index is 0.0243. The zero-order valence-electron chi connectivity index (χ0n) is 8.31. The molecular weight excluding hydrogens is 232 g/mol. The first-order chi connectivity index (χ1) is 7.56. The van der Waals surface area contributed by atoms with Crippen molar-refractivity contribution in [2.24, 2.45) is 0 Å². The van der Waals surface area contributed by atoms with Gasteiger partial charge in [0, 0.05) is 12.7 Å². The Balaban J connectivity index is 3.04. The number of aromatic nitrogens is 2. The molecule has 0 fully saturated rings. The van der Waals surface area contributed by atoms with Gasteiger partial charge in [-0.3, -0.25) is 9.59 Å². The summed E-state index contributed by atoms with van der Waals surface area (Å²) in [4.78, 5) is 36.1. The van der Waals surface area contributed by atoms with Gasteiger partial charge in [0.05, 0.1) is 0 Å². The van der Waals surface area contributed by atoms with Crippen molar-refractivity contribution in [1.82, 2.24) is 9.55 Å². The molecule has 0 bridgehead atoms. The van der Waals surface area contributed by atoms with Crippen LogP contribution in [0.5, 0.6) is 0 Å². The first-order valence-electron chi connectivity index (χ1n) is 4.54. The predicted molar refractivity (Wildman–Crippen MR) is 57.1 cm³/mol. The van der Waals surface area contributed by atoms with E-state index in [1.165, 1.54) is 10.8 Å². The van der Waals surface area contributed by atoms with Crippen LogP contribution >= 0.6 is 11.3 Å². The molecule has 0 aromatic carbocycles. The molecule has 0 radical (unpaired) electrons. The third-order valence-electron chi connectivity index (χ3n) is 2.24. The molecule has 0 spiro atoms. The lowest BCUT2D eigenvalue weighted by molar-refractivity contribution is 0.0683. The van der Waals surface area contributed by atoms with Gasteiger partial charge in [-0.2, -0.15) is 0 Å². The average molecular weight is 240 g/mol. The topological polar surface area (TPSA) is 92.2 Å². The molecule has 16 heavy (non-hydrogen) atoms.